The number of alkyl halides is 1. The standard InChI is InChI=1S/C11H12BrNO2/c12-5-8-1-3-9(4-2-8)11(14)13-10-6-15-7-10/h1-4,10H,5-7H2,(H,13,14). The summed E-state index contributed by atoms with van der Waals surface area (Å²) >= 11 is 3.36. The van der Waals surface area contributed by atoms with E-state index in [1.807, 2.05) is 24.3 Å². The number of benzene rings is 1. The lowest BCUT2D eigenvalue weighted by molar-refractivity contribution is -0.00346. The van der Waals surface area contributed by atoms with Crippen molar-refractivity contribution in [3.63, 3.8) is 0 Å². The number of halogens is 1. The van der Waals surface area contributed by atoms with Gasteiger partial charge in [0.2, 0.25) is 0 Å². The van der Waals surface area contributed by atoms with Crippen molar-refractivity contribution in [2.75, 3.05) is 13.2 Å². The molecule has 1 heterocycles. The Morgan fingerprint density at radius 2 is 2.07 bits per heavy atom. The zero-order chi connectivity index (χ0) is 10.7. The van der Waals surface area contributed by atoms with E-state index in [0.717, 1.165) is 5.33 Å². The highest BCUT2D eigenvalue weighted by Gasteiger charge is 2.20. The predicted octanol–water partition coefficient (Wildman–Crippen LogP) is 1.71. The maximum absolute atomic E-state index is 11.7. The van der Waals surface area contributed by atoms with Crippen LogP contribution in [0.25, 0.3) is 0 Å². The molecule has 0 atom stereocenters. The summed E-state index contributed by atoms with van der Waals surface area (Å²) in [7, 11) is 0. The van der Waals surface area contributed by atoms with Gasteiger partial charge in [-0.05, 0) is 17.7 Å². The highest BCUT2D eigenvalue weighted by atomic mass is 79.9. The van der Waals surface area contributed by atoms with Gasteiger partial charge in [0.1, 0.15) is 0 Å². The lowest BCUT2D eigenvalue weighted by Gasteiger charge is -2.26. The summed E-state index contributed by atoms with van der Waals surface area (Å²) in [5, 5.41) is 3.71. The van der Waals surface area contributed by atoms with Crippen LogP contribution in [0.15, 0.2) is 24.3 Å². The van der Waals surface area contributed by atoms with Gasteiger partial charge in [-0.1, -0.05) is 28.1 Å². The van der Waals surface area contributed by atoms with Gasteiger partial charge in [0.05, 0.1) is 19.3 Å². The van der Waals surface area contributed by atoms with E-state index in [9.17, 15) is 4.79 Å². The average Bonchev–Trinajstić information content (AvgIpc) is 2.23. The Hall–Kier alpha value is -0.870. The van der Waals surface area contributed by atoms with Crippen LogP contribution in [-0.4, -0.2) is 25.2 Å². The third-order valence-corrected chi connectivity index (χ3v) is 2.99. The second-order valence-corrected chi connectivity index (χ2v) is 4.10. The lowest BCUT2D eigenvalue weighted by Crippen LogP contribution is -2.48. The normalized spacial score (nSPS) is 15.8. The van der Waals surface area contributed by atoms with Crippen LogP contribution >= 0.6 is 15.9 Å². The van der Waals surface area contributed by atoms with E-state index in [4.69, 9.17) is 4.74 Å². The number of amides is 1. The molecule has 1 amide bonds. The van der Waals surface area contributed by atoms with Crippen molar-refractivity contribution in [1.82, 2.24) is 5.32 Å². The average molecular weight is 270 g/mol. The molecule has 0 aliphatic carbocycles. The predicted molar refractivity (Wildman–Crippen MR) is 61.1 cm³/mol. The summed E-state index contributed by atoms with van der Waals surface area (Å²) in [6.45, 7) is 1.26. The third-order valence-electron chi connectivity index (χ3n) is 2.34. The second kappa shape index (κ2) is 4.77. The Morgan fingerprint density at radius 1 is 1.40 bits per heavy atom. The molecule has 1 N–H and O–H groups in total. The Bertz CT molecular complexity index is 346. The molecule has 0 unspecified atom stereocenters. The van der Waals surface area contributed by atoms with Crippen LogP contribution in [0.3, 0.4) is 0 Å². The first-order valence-electron chi connectivity index (χ1n) is 4.83. The minimum Gasteiger partial charge on any atom is -0.377 e. The fourth-order valence-corrected chi connectivity index (χ4v) is 1.71. The molecular weight excluding hydrogens is 258 g/mol. The van der Waals surface area contributed by atoms with E-state index in [2.05, 4.69) is 21.2 Å². The maximum Gasteiger partial charge on any atom is 0.251 e. The summed E-state index contributed by atoms with van der Waals surface area (Å²) in [6, 6.07) is 7.76. The van der Waals surface area contributed by atoms with Gasteiger partial charge in [-0.3, -0.25) is 4.79 Å². The third kappa shape index (κ3) is 2.58. The van der Waals surface area contributed by atoms with Gasteiger partial charge >= 0.3 is 0 Å². The minimum atomic E-state index is -0.0237. The Morgan fingerprint density at radius 3 is 2.53 bits per heavy atom. The molecule has 0 bridgehead atoms. The first-order chi connectivity index (χ1) is 7.29. The highest BCUT2D eigenvalue weighted by molar-refractivity contribution is 9.08. The number of ether oxygens (including phenoxy) is 1. The quantitative estimate of drug-likeness (QED) is 0.849. The lowest BCUT2D eigenvalue weighted by atomic mass is 10.1. The molecule has 2 rings (SSSR count). The Labute approximate surface area is 96.9 Å². The van der Waals surface area contributed by atoms with Crippen LogP contribution in [-0.2, 0) is 10.1 Å². The highest BCUT2D eigenvalue weighted by Crippen LogP contribution is 2.09. The van der Waals surface area contributed by atoms with E-state index < -0.39 is 0 Å². The van der Waals surface area contributed by atoms with Gasteiger partial charge in [-0.25, -0.2) is 0 Å². The SMILES string of the molecule is O=C(NC1COC1)c1ccc(CBr)cc1. The van der Waals surface area contributed by atoms with Crippen LogP contribution < -0.4 is 5.32 Å². The molecule has 0 spiro atoms. The maximum atomic E-state index is 11.7. The number of hydrogen-bond acceptors (Lipinski definition) is 2. The fraction of sp³-hybridized carbons (Fsp3) is 0.364. The molecule has 0 saturated carbocycles. The number of carbonyl (C=O) groups excluding carboxylic acids is 1. The van der Waals surface area contributed by atoms with E-state index >= 15 is 0 Å². The van der Waals surface area contributed by atoms with Gasteiger partial charge in [0.25, 0.3) is 5.91 Å². The molecule has 1 fully saturated rings. The molecule has 15 heavy (non-hydrogen) atoms. The van der Waals surface area contributed by atoms with E-state index in [1.54, 1.807) is 0 Å². The molecule has 1 aromatic rings. The van der Waals surface area contributed by atoms with Crippen molar-refractivity contribution in [2.45, 2.75) is 11.4 Å². The number of hydrogen-bond donors (Lipinski definition) is 1. The first kappa shape index (κ1) is 10.6. The zero-order valence-electron chi connectivity index (χ0n) is 8.20. The van der Waals surface area contributed by atoms with Crippen molar-refractivity contribution in [3.8, 4) is 0 Å². The largest absolute Gasteiger partial charge is 0.377 e. The van der Waals surface area contributed by atoms with E-state index in [0.29, 0.717) is 18.8 Å². The van der Waals surface area contributed by atoms with Gasteiger partial charge in [-0.15, -0.1) is 0 Å². The second-order valence-electron chi connectivity index (χ2n) is 3.54. The fourth-order valence-electron chi connectivity index (χ4n) is 1.33. The van der Waals surface area contributed by atoms with Crippen molar-refractivity contribution < 1.29 is 9.53 Å². The summed E-state index contributed by atoms with van der Waals surface area (Å²) in [5.41, 5.74) is 1.87. The monoisotopic (exact) mass is 269 g/mol. The summed E-state index contributed by atoms with van der Waals surface area (Å²) in [5.74, 6) is -0.0237. The van der Waals surface area contributed by atoms with Crippen molar-refractivity contribution in [2.24, 2.45) is 0 Å². The molecule has 80 valence electrons. The van der Waals surface area contributed by atoms with E-state index in [-0.39, 0.29) is 11.9 Å². The molecule has 1 aliphatic rings. The minimum absolute atomic E-state index is 0.0237. The zero-order valence-corrected chi connectivity index (χ0v) is 9.79. The molecule has 1 aliphatic heterocycles. The Kier molecular flexibility index (Phi) is 3.38. The van der Waals surface area contributed by atoms with Crippen molar-refractivity contribution >= 4 is 21.8 Å². The summed E-state index contributed by atoms with van der Waals surface area (Å²) in [6.07, 6.45) is 0. The van der Waals surface area contributed by atoms with Gasteiger partial charge in [-0.2, -0.15) is 0 Å². The number of nitrogens with one attached hydrogen (secondary N) is 1. The topological polar surface area (TPSA) is 38.3 Å². The van der Waals surface area contributed by atoms with Gasteiger partial charge in [0, 0.05) is 10.9 Å². The number of carbonyl (C=O) groups is 1. The number of rotatable bonds is 3. The smallest absolute Gasteiger partial charge is 0.251 e. The Balaban J connectivity index is 1.98. The van der Waals surface area contributed by atoms with Gasteiger partial charge < -0.3 is 10.1 Å². The van der Waals surface area contributed by atoms with Gasteiger partial charge in [0.15, 0.2) is 0 Å². The molecule has 1 saturated heterocycles. The summed E-state index contributed by atoms with van der Waals surface area (Å²) in [4.78, 5) is 11.7. The van der Waals surface area contributed by atoms with Crippen molar-refractivity contribution in [1.29, 1.82) is 0 Å². The summed E-state index contributed by atoms with van der Waals surface area (Å²) < 4.78 is 4.99. The molecule has 1 aromatic carbocycles. The van der Waals surface area contributed by atoms with Crippen LogP contribution in [0.2, 0.25) is 0 Å². The molecular formula is C11H12BrNO2. The van der Waals surface area contributed by atoms with Crippen LogP contribution in [0.4, 0.5) is 0 Å². The molecule has 0 aromatic heterocycles. The molecule has 0 radical (unpaired) electrons. The van der Waals surface area contributed by atoms with Crippen LogP contribution in [0.5, 0.6) is 0 Å². The van der Waals surface area contributed by atoms with E-state index in [1.165, 1.54) is 5.56 Å². The van der Waals surface area contributed by atoms with Crippen molar-refractivity contribution in [3.05, 3.63) is 35.4 Å². The molecule has 3 nitrogen and oxygen atoms in total. The first-order valence-corrected chi connectivity index (χ1v) is 5.95. The van der Waals surface area contributed by atoms with Crippen LogP contribution in [0, 0.1) is 0 Å². The van der Waals surface area contributed by atoms with Crippen LogP contribution in [0.1, 0.15) is 15.9 Å². The molecule has 4 heteroatoms.